The van der Waals surface area contributed by atoms with Crippen molar-refractivity contribution in [2.45, 2.75) is 18.9 Å². The Kier molecular flexibility index (Phi) is 3.78. The number of hydrogen-bond donors (Lipinski definition) is 2. The van der Waals surface area contributed by atoms with Gasteiger partial charge in [0.25, 0.3) is 5.91 Å². The molecule has 1 amide bonds. The lowest BCUT2D eigenvalue weighted by molar-refractivity contribution is 0.0929. The zero-order valence-electron chi connectivity index (χ0n) is 11.2. The first kappa shape index (κ1) is 12.9. The quantitative estimate of drug-likeness (QED) is 0.885. The minimum Gasteiger partial charge on any atom is -0.349 e. The van der Waals surface area contributed by atoms with Crippen molar-refractivity contribution in [3.63, 3.8) is 0 Å². The van der Waals surface area contributed by atoms with E-state index in [2.05, 4.69) is 15.7 Å². The zero-order valence-corrected chi connectivity index (χ0v) is 11.2. The van der Waals surface area contributed by atoms with Gasteiger partial charge in [-0.1, -0.05) is 0 Å². The summed E-state index contributed by atoms with van der Waals surface area (Å²) in [6, 6.07) is 9.65. The van der Waals surface area contributed by atoms with E-state index in [1.54, 1.807) is 10.9 Å². The molecule has 0 saturated carbocycles. The number of carbonyl (C=O) groups is 1. The average Bonchev–Trinajstić information content (AvgIpc) is 3.03. The van der Waals surface area contributed by atoms with E-state index in [4.69, 9.17) is 0 Å². The predicted molar refractivity (Wildman–Crippen MR) is 76.9 cm³/mol. The molecule has 0 unspecified atom stereocenters. The first-order valence-corrected chi connectivity index (χ1v) is 6.94. The summed E-state index contributed by atoms with van der Waals surface area (Å²) >= 11 is 0. The van der Waals surface area contributed by atoms with Gasteiger partial charge in [0.15, 0.2) is 0 Å². The maximum Gasteiger partial charge on any atom is 0.251 e. The van der Waals surface area contributed by atoms with Crippen LogP contribution in [0, 0.1) is 0 Å². The summed E-state index contributed by atoms with van der Waals surface area (Å²) in [6.45, 7) is 1.95. The van der Waals surface area contributed by atoms with Gasteiger partial charge in [-0.3, -0.25) is 4.79 Å². The molecule has 2 aromatic rings. The van der Waals surface area contributed by atoms with E-state index in [0.717, 1.165) is 31.6 Å². The number of hydrogen-bond acceptors (Lipinski definition) is 3. The predicted octanol–water partition coefficient (Wildman–Crippen LogP) is 1.35. The molecule has 1 aromatic heterocycles. The van der Waals surface area contributed by atoms with Gasteiger partial charge in [0.2, 0.25) is 0 Å². The molecule has 0 aliphatic carbocycles. The van der Waals surface area contributed by atoms with Crippen LogP contribution in [-0.2, 0) is 0 Å². The molecule has 1 saturated heterocycles. The topological polar surface area (TPSA) is 59.0 Å². The molecular formula is C15H18N4O. The van der Waals surface area contributed by atoms with Crippen molar-refractivity contribution in [2.75, 3.05) is 13.1 Å². The molecule has 5 heteroatoms. The van der Waals surface area contributed by atoms with E-state index in [1.807, 2.05) is 36.5 Å². The van der Waals surface area contributed by atoms with Crippen LogP contribution in [-0.4, -0.2) is 34.8 Å². The first-order valence-electron chi connectivity index (χ1n) is 6.94. The summed E-state index contributed by atoms with van der Waals surface area (Å²) in [5.74, 6) is 0.00363. The van der Waals surface area contributed by atoms with Gasteiger partial charge in [0, 0.05) is 24.0 Å². The summed E-state index contributed by atoms with van der Waals surface area (Å²) in [4.78, 5) is 12.2. The third kappa shape index (κ3) is 2.88. The second-order valence-corrected chi connectivity index (χ2v) is 5.00. The Morgan fingerprint density at radius 1 is 1.25 bits per heavy atom. The van der Waals surface area contributed by atoms with Gasteiger partial charge >= 0.3 is 0 Å². The van der Waals surface area contributed by atoms with Gasteiger partial charge in [-0.2, -0.15) is 5.10 Å². The molecule has 20 heavy (non-hydrogen) atoms. The molecule has 0 spiro atoms. The number of amides is 1. The van der Waals surface area contributed by atoms with Crippen LogP contribution < -0.4 is 10.6 Å². The monoisotopic (exact) mass is 270 g/mol. The highest BCUT2D eigenvalue weighted by atomic mass is 16.1. The number of nitrogens with one attached hydrogen (secondary N) is 2. The number of aromatic nitrogens is 2. The van der Waals surface area contributed by atoms with Crippen molar-refractivity contribution in [2.24, 2.45) is 0 Å². The number of rotatable bonds is 3. The molecule has 0 atom stereocenters. The van der Waals surface area contributed by atoms with Crippen molar-refractivity contribution in [3.05, 3.63) is 48.3 Å². The summed E-state index contributed by atoms with van der Waals surface area (Å²) < 4.78 is 1.77. The normalized spacial score (nSPS) is 16.0. The molecule has 3 rings (SSSR count). The lowest BCUT2D eigenvalue weighted by Gasteiger charge is -2.23. The molecule has 1 aromatic carbocycles. The average molecular weight is 270 g/mol. The van der Waals surface area contributed by atoms with E-state index in [0.29, 0.717) is 5.56 Å². The Labute approximate surface area is 118 Å². The Hall–Kier alpha value is -2.14. The fraction of sp³-hybridized carbons (Fsp3) is 0.333. The second kappa shape index (κ2) is 5.88. The summed E-state index contributed by atoms with van der Waals surface area (Å²) in [6.07, 6.45) is 5.61. The summed E-state index contributed by atoms with van der Waals surface area (Å²) in [5.41, 5.74) is 1.65. The standard InChI is InChI=1S/C15H18N4O/c20-15(18-13-6-9-16-10-7-13)12-2-4-14(5-3-12)19-11-1-8-17-19/h1-5,8,11,13,16H,6-7,9-10H2,(H,18,20). The number of benzene rings is 1. The van der Waals surface area contributed by atoms with Gasteiger partial charge in [-0.25, -0.2) is 4.68 Å². The number of piperidine rings is 1. The molecule has 0 radical (unpaired) electrons. The van der Waals surface area contributed by atoms with Crippen LogP contribution in [0.25, 0.3) is 5.69 Å². The Bertz CT molecular complexity index is 556. The van der Waals surface area contributed by atoms with Gasteiger partial charge in [0.1, 0.15) is 0 Å². The molecule has 1 aliphatic heterocycles. The molecule has 1 fully saturated rings. The number of carbonyl (C=O) groups excluding carboxylic acids is 1. The van der Waals surface area contributed by atoms with Crippen LogP contribution in [0.4, 0.5) is 0 Å². The van der Waals surface area contributed by atoms with E-state index in [1.165, 1.54) is 0 Å². The van der Waals surface area contributed by atoms with E-state index >= 15 is 0 Å². The van der Waals surface area contributed by atoms with E-state index in [-0.39, 0.29) is 11.9 Å². The van der Waals surface area contributed by atoms with Gasteiger partial charge < -0.3 is 10.6 Å². The minimum atomic E-state index is 0.00363. The highest BCUT2D eigenvalue weighted by Gasteiger charge is 2.16. The molecule has 2 N–H and O–H groups in total. The Balaban J connectivity index is 1.66. The van der Waals surface area contributed by atoms with Crippen LogP contribution in [0.1, 0.15) is 23.2 Å². The van der Waals surface area contributed by atoms with Crippen molar-refractivity contribution >= 4 is 5.91 Å². The van der Waals surface area contributed by atoms with Crippen LogP contribution in [0.15, 0.2) is 42.7 Å². The van der Waals surface area contributed by atoms with Crippen LogP contribution >= 0.6 is 0 Å². The maximum absolute atomic E-state index is 12.2. The van der Waals surface area contributed by atoms with Crippen molar-refractivity contribution < 1.29 is 4.79 Å². The molecule has 104 valence electrons. The fourth-order valence-corrected chi connectivity index (χ4v) is 2.42. The lowest BCUT2D eigenvalue weighted by atomic mass is 10.1. The zero-order chi connectivity index (χ0) is 13.8. The lowest BCUT2D eigenvalue weighted by Crippen LogP contribution is -2.42. The SMILES string of the molecule is O=C(NC1CCNCC1)c1ccc(-n2cccn2)cc1. The molecule has 2 heterocycles. The molecule has 0 bridgehead atoms. The maximum atomic E-state index is 12.2. The first-order chi connectivity index (χ1) is 9.83. The smallest absolute Gasteiger partial charge is 0.251 e. The largest absolute Gasteiger partial charge is 0.349 e. The molecule has 5 nitrogen and oxygen atoms in total. The second-order valence-electron chi connectivity index (χ2n) is 5.00. The van der Waals surface area contributed by atoms with E-state index < -0.39 is 0 Å². The van der Waals surface area contributed by atoms with E-state index in [9.17, 15) is 4.79 Å². The van der Waals surface area contributed by atoms with Gasteiger partial charge in [-0.05, 0) is 56.3 Å². The van der Waals surface area contributed by atoms with Crippen molar-refractivity contribution in [1.29, 1.82) is 0 Å². The Morgan fingerprint density at radius 2 is 2.00 bits per heavy atom. The summed E-state index contributed by atoms with van der Waals surface area (Å²) in [5, 5.41) is 10.5. The Morgan fingerprint density at radius 3 is 2.65 bits per heavy atom. The molecular weight excluding hydrogens is 252 g/mol. The van der Waals surface area contributed by atoms with Crippen molar-refractivity contribution in [1.82, 2.24) is 20.4 Å². The third-order valence-corrected chi connectivity index (χ3v) is 3.57. The van der Waals surface area contributed by atoms with Crippen LogP contribution in [0.5, 0.6) is 0 Å². The minimum absolute atomic E-state index is 0.00363. The van der Waals surface area contributed by atoms with Gasteiger partial charge in [0.05, 0.1) is 5.69 Å². The van der Waals surface area contributed by atoms with Crippen LogP contribution in [0.2, 0.25) is 0 Å². The highest BCUT2D eigenvalue weighted by molar-refractivity contribution is 5.94. The van der Waals surface area contributed by atoms with Gasteiger partial charge in [-0.15, -0.1) is 0 Å². The number of nitrogens with zero attached hydrogens (tertiary/aromatic N) is 2. The third-order valence-electron chi connectivity index (χ3n) is 3.57. The molecule has 1 aliphatic rings. The van der Waals surface area contributed by atoms with Crippen LogP contribution in [0.3, 0.4) is 0 Å². The summed E-state index contributed by atoms with van der Waals surface area (Å²) in [7, 11) is 0. The van der Waals surface area contributed by atoms with Crippen molar-refractivity contribution in [3.8, 4) is 5.69 Å². The fourth-order valence-electron chi connectivity index (χ4n) is 2.42. The highest BCUT2D eigenvalue weighted by Crippen LogP contribution is 2.10.